The minimum absolute atomic E-state index is 0.315. The topological polar surface area (TPSA) is 34.1 Å². The SMILES string of the molecule is CC.O=CC(=O)c1ccccc1. The summed E-state index contributed by atoms with van der Waals surface area (Å²) in [5.41, 5.74) is 0.442. The highest BCUT2D eigenvalue weighted by Crippen LogP contribution is 1.96. The molecule has 0 bridgehead atoms. The molecule has 0 N–H and O–H groups in total. The molecular formula is C10H12O2. The Morgan fingerprint density at radius 1 is 1.17 bits per heavy atom. The third kappa shape index (κ3) is 3.10. The van der Waals surface area contributed by atoms with Crippen molar-refractivity contribution in [2.45, 2.75) is 13.8 Å². The van der Waals surface area contributed by atoms with Crippen LogP contribution in [0.4, 0.5) is 0 Å². The first-order valence-electron chi connectivity index (χ1n) is 3.89. The van der Waals surface area contributed by atoms with Crippen molar-refractivity contribution in [2.24, 2.45) is 0 Å². The number of aldehydes is 1. The second-order valence-electron chi connectivity index (χ2n) is 1.85. The summed E-state index contributed by atoms with van der Waals surface area (Å²) in [5, 5.41) is 0. The van der Waals surface area contributed by atoms with Gasteiger partial charge in [-0.05, 0) is 0 Å². The van der Waals surface area contributed by atoms with Gasteiger partial charge in [-0.1, -0.05) is 44.2 Å². The maximum absolute atomic E-state index is 10.6. The largest absolute Gasteiger partial charge is 0.294 e. The van der Waals surface area contributed by atoms with E-state index in [1.807, 2.05) is 13.8 Å². The number of carbonyl (C=O) groups is 2. The number of ketones is 1. The first-order valence-corrected chi connectivity index (χ1v) is 3.89. The molecule has 1 aromatic carbocycles. The Kier molecular flexibility index (Phi) is 5.53. The van der Waals surface area contributed by atoms with Gasteiger partial charge in [0.25, 0.3) is 0 Å². The van der Waals surface area contributed by atoms with Gasteiger partial charge in [-0.25, -0.2) is 0 Å². The van der Waals surface area contributed by atoms with Crippen LogP contribution in [-0.4, -0.2) is 12.1 Å². The van der Waals surface area contributed by atoms with E-state index in [0.29, 0.717) is 11.8 Å². The number of hydrogen-bond donors (Lipinski definition) is 0. The molecule has 0 aromatic heterocycles. The summed E-state index contributed by atoms with van der Waals surface area (Å²) in [6.07, 6.45) is 0.315. The van der Waals surface area contributed by atoms with Crippen LogP contribution in [0.5, 0.6) is 0 Å². The number of benzene rings is 1. The van der Waals surface area contributed by atoms with Crippen LogP contribution in [-0.2, 0) is 4.79 Å². The van der Waals surface area contributed by atoms with E-state index in [2.05, 4.69) is 0 Å². The number of rotatable bonds is 2. The average molecular weight is 164 g/mol. The first kappa shape index (κ1) is 10.6. The summed E-state index contributed by atoms with van der Waals surface area (Å²) in [7, 11) is 0. The normalized spacial score (nSPS) is 7.83. The maximum Gasteiger partial charge on any atom is 0.225 e. The van der Waals surface area contributed by atoms with Crippen molar-refractivity contribution in [2.75, 3.05) is 0 Å². The zero-order chi connectivity index (χ0) is 9.40. The lowest BCUT2D eigenvalue weighted by Gasteiger charge is -1.88. The second kappa shape index (κ2) is 6.28. The van der Waals surface area contributed by atoms with Crippen LogP contribution in [0.15, 0.2) is 30.3 Å². The van der Waals surface area contributed by atoms with Crippen molar-refractivity contribution in [3.05, 3.63) is 35.9 Å². The molecule has 0 saturated heterocycles. The highest BCUT2D eigenvalue weighted by molar-refractivity contribution is 6.33. The quantitative estimate of drug-likeness (QED) is 0.381. The minimum atomic E-state index is -0.472. The number of Topliss-reactive ketones (excluding diaryl/α,β-unsaturated/α-hetero) is 1. The van der Waals surface area contributed by atoms with Crippen molar-refractivity contribution >= 4 is 12.1 Å². The molecule has 2 nitrogen and oxygen atoms in total. The van der Waals surface area contributed by atoms with Crippen LogP contribution in [0.25, 0.3) is 0 Å². The molecule has 0 amide bonds. The summed E-state index contributed by atoms with van der Waals surface area (Å²) < 4.78 is 0. The standard InChI is InChI=1S/C8H6O2.C2H6/c9-6-8(10)7-4-2-1-3-5-7;1-2/h1-6H;1-2H3. The molecule has 0 aliphatic rings. The van der Waals surface area contributed by atoms with Crippen LogP contribution < -0.4 is 0 Å². The van der Waals surface area contributed by atoms with Crippen LogP contribution in [0.3, 0.4) is 0 Å². The molecule has 0 atom stereocenters. The van der Waals surface area contributed by atoms with Gasteiger partial charge in [0.05, 0.1) is 0 Å². The van der Waals surface area contributed by atoms with Gasteiger partial charge in [-0.2, -0.15) is 0 Å². The molecule has 0 aliphatic carbocycles. The Balaban J connectivity index is 0.000000561. The fourth-order valence-electron chi connectivity index (χ4n) is 0.670. The van der Waals surface area contributed by atoms with E-state index in [4.69, 9.17) is 0 Å². The van der Waals surface area contributed by atoms with Crippen LogP contribution in [0.1, 0.15) is 24.2 Å². The predicted molar refractivity (Wildman–Crippen MR) is 48.2 cm³/mol. The molecule has 0 saturated carbocycles. The third-order valence-corrected chi connectivity index (χ3v) is 1.17. The minimum Gasteiger partial charge on any atom is -0.294 e. The Morgan fingerprint density at radius 3 is 2.08 bits per heavy atom. The lowest BCUT2D eigenvalue weighted by atomic mass is 10.1. The number of hydrogen-bond acceptors (Lipinski definition) is 2. The highest BCUT2D eigenvalue weighted by Gasteiger charge is 1.99. The van der Waals surface area contributed by atoms with E-state index < -0.39 is 5.78 Å². The molecule has 12 heavy (non-hydrogen) atoms. The lowest BCUT2D eigenvalue weighted by molar-refractivity contribution is -0.104. The first-order chi connectivity index (χ1) is 5.84. The highest BCUT2D eigenvalue weighted by atomic mass is 16.2. The van der Waals surface area contributed by atoms with Crippen LogP contribution >= 0.6 is 0 Å². The molecular weight excluding hydrogens is 152 g/mol. The summed E-state index contributed by atoms with van der Waals surface area (Å²) in [4.78, 5) is 20.6. The molecule has 64 valence electrons. The van der Waals surface area contributed by atoms with Gasteiger partial charge in [-0.3, -0.25) is 9.59 Å². The summed E-state index contributed by atoms with van der Waals surface area (Å²) in [6, 6.07) is 8.45. The van der Waals surface area contributed by atoms with E-state index in [0.717, 1.165) is 0 Å². The smallest absolute Gasteiger partial charge is 0.225 e. The summed E-state index contributed by atoms with van der Waals surface area (Å²) in [6.45, 7) is 4.00. The Morgan fingerprint density at radius 2 is 1.67 bits per heavy atom. The zero-order valence-corrected chi connectivity index (χ0v) is 7.28. The van der Waals surface area contributed by atoms with E-state index >= 15 is 0 Å². The van der Waals surface area contributed by atoms with Gasteiger partial charge in [-0.15, -0.1) is 0 Å². The molecule has 0 aliphatic heterocycles. The molecule has 0 fully saturated rings. The molecule has 0 unspecified atom stereocenters. The van der Waals surface area contributed by atoms with E-state index in [-0.39, 0.29) is 0 Å². The van der Waals surface area contributed by atoms with Crippen molar-refractivity contribution in [1.82, 2.24) is 0 Å². The fraction of sp³-hybridized carbons (Fsp3) is 0.200. The Labute approximate surface area is 72.2 Å². The molecule has 0 spiro atoms. The monoisotopic (exact) mass is 164 g/mol. The molecule has 1 rings (SSSR count). The Bertz CT molecular complexity index is 239. The maximum atomic E-state index is 10.6. The molecule has 1 aromatic rings. The van der Waals surface area contributed by atoms with Crippen LogP contribution in [0, 0.1) is 0 Å². The van der Waals surface area contributed by atoms with Crippen molar-refractivity contribution < 1.29 is 9.59 Å². The second-order valence-corrected chi connectivity index (χ2v) is 1.85. The zero-order valence-electron chi connectivity index (χ0n) is 7.28. The van der Waals surface area contributed by atoms with Gasteiger partial charge in [0.2, 0.25) is 5.78 Å². The average Bonchev–Trinajstić information content (AvgIpc) is 2.21. The van der Waals surface area contributed by atoms with Gasteiger partial charge in [0, 0.05) is 5.56 Å². The van der Waals surface area contributed by atoms with Gasteiger partial charge in [0.1, 0.15) is 0 Å². The van der Waals surface area contributed by atoms with Gasteiger partial charge < -0.3 is 0 Å². The van der Waals surface area contributed by atoms with E-state index in [1.54, 1.807) is 30.3 Å². The lowest BCUT2D eigenvalue weighted by Crippen LogP contribution is -1.97. The molecule has 2 heteroatoms. The summed E-state index contributed by atoms with van der Waals surface area (Å²) in [5.74, 6) is -0.472. The third-order valence-electron chi connectivity index (χ3n) is 1.17. The Hall–Kier alpha value is -1.44. The van der Waals surface area contributed by atoms with Gasteiger partial charge in [0.15, 0.2) is 6.29 Å². The predicted octanol–water partition coefficient (Wildman–Crippen LogP) is 2.09. The van der Waals surface area contributed by atoms with Gasteiger partial charge >= 0.3 is 0 Å². The molecule has 0 radical (unpaired) electrons. The summed E-state index contributed by atoms with van der Waals surface area (Å²) >= 11 is 0. The van der Waals surface area contributed by atoms with Crippen molar-refractivity contribution in [3.63, 3.8) is 0 Å². The fourth-order valence-corrected chi connectivity index (χ4v) is 0.670. The van der Waals surface area contributed by atoms with Crippen molar-refractivity contribution in [3.8, 4) is 0 Å². The van der Waals surface area contributed by atoms with E-state index in [9.17, 15) is 9.59 Å². The number of carbonyl (C=O) groups excluding carboxylic acids is 2. The van der Waals surface area contributed by atoms with E-state index in [1.165, 1.54) is 0 Å². The van der Waals surface area contributed by atoms with Crippen LogP contribution in [0.2, 0.25) is 0 Å². The molecule has 0 heterocycles. The van der Waals surface area contributed by atoms with Crippen molar-refractivity contribution in [1.29, 1.82) is 0 Å².